The van der Waals surface area contributed by atoms with Gasteiger partial charge in [0.15, 0.2) is 0 Å². The Bertz CT molecular complexity index is 1070. The number of imide groups is 1. The van der Waals surface area contributed by atoms with Crippen LogP contribution in [0.5, 0.6) is 0 Å². The standard InChI is InChI=1S/C25H24N2O5/c1-32-22-9-5-6-18(10-15-22)17-27(25(31)26-16-23(28)29)24(30)21-13-11-20(12-14-21)19-7-3-2-4-8-19/h2-8,10-15H,9,16-17H2,1H3,(H,26,31)(H,28,29). The number of carboxylic acids is 1. The van der Waals surface area contributed by atoms with Gasteiger partial charge in [-0.1, -0.05) is 60.7 Å². The third kappa shape index (κ3) is 5.95. The molecule has 2 aromatic carbocycles. The van der Waals surface area contributed by atoms with Gasteiger partial charge < -0.3 is 15.2 Å². The molecular weight excluding hydrogens is 408 g/mol. The summed E-state index contributed by atoms with van der Waals surface area (Å²) in [5.41, 5.74) is 2.98. The molecule has 7 heteroatoms. The second-order valence-electron chi connectivity index (χ2n) is 7.07. The molecule has 0 aromatic heterocycles. The van der Waals surface area contributed by atoms with Crippen molar-refractivity contribution in [3.63, 3.8) is 0 Å². The van der Waals surface area contributed by atoms with Crippen molar-refractivity contribution in [2.75, 3.05) is 20.2 Å². The van der Waals surface area contributed by atoms with Gasteiger partial charge in [-0.05, 0) is 34.9 Å². The predicted octanol–water partition coefficient (Wildman–Crippen LogP) is 4.01. The second-order valence-corrected chi connectivity index (χ2v) is 7.07. The lowest BCUT2D eigenvalue weighted by Crippen LogP contribution is -2.46. The number of ether oxygens (including phenoxy) is 1. The number of carbonyl (C=O) groups excluding carboxylic acids is 2. The molecule has 0 saturated carbocycles. The number of allylic oxidation sites excluding steroid dienone is 3. The molecule has 0 saturated heterocycles. The monoisotopic (exact) mass is 432 g/mol. The Morgan fingerprint density at radius 1 is 1.00 bits per heavy atom. The largest absolute Gasteiger partial charge is 0.501 e. The SMILES string of the molecule is COC1=CC=C(CN(C(=O)NCC(=O)O)C(=O)c2ccc(-c3ccccc3)cc2)C=CC1. The summed E-state index contributed by atoms with van der Waals surface area (Å²) in [6, 6.07) is 15.9. The molecule has 0 bridgehead atoms. The second kappa shape index (κ2) is 10.8. The number of urea groups is 1. The number of aliphatic carboxylic acids is 1. The van der Waals surface area contributed by atoms with E-state index >= 15 is 0 Å². The van der Waals surface area contributed by atoms with Gasteiger partial charge in [0.25, 0.3) is 5.91 Å². The van der Waals surface area contributed by atoms with Crippen LogP contribution in [0.15, 0.2) is 90.2 Å². The summed E-state index contributed by atoms with van der Waals surface area (Å²) in [5, 5.41) is 11.2. The number of hydrogen-bond donors (Lipinski definition) is 2. The molecule has 1 aliphatic rings. The van der Waals surface area contributed by atoms with Crippen LogP contribution < -0.4 is 5.32 Å². The summed E-state index contributed by atoms with van der Waals surface area (Å²) in [6.07, 6.45) is 7.83. The van der Waals surface area contributed by atoms with Crippen LogP contribution in [0.25, 0.3) is 11.1 Å². The van der Waals surface area contributed by atoms with Gasteiger partial charge in [-0.3, -0.25) is 14.5 Å². The molecule has 0 heterocycles. The number of carboxylic acid groups (broad SMARTS) is 1. The van der Waals surface area contributed by atoms with Crippen molar-refractivity contribution in [2.45, 2.75) is 6.42 Å². The normalized spacial score (nSPS) is 12.8. The summed E-state index contributed by atoms with van der Waals surface area (Å²) in [5.74, 6) is -0.970. The van der Waals surface area contributed by atoms with Crippen molar-refractivity contribution in [1.29, 1.82) is 0 Å². The van der Waals surface area contributed by atoms with Gasteiger partial charge in [0, 0.05) is 12.0 Å². The van der Waals surface area contributed by atoms with Crippen molar-refractivity contribution in [2.24, 2.45) is 0 Å². The van der Waals surface area contributed by atoms with E-state index in [4.69, 9.17) is 9.84 Å². The Hall–Kier alpha value is -4.13. The van der Waals surface area contributed by atoms with Gasteiger partial charge in [0.1, 0.15) is 6.54 Å². The Morgan fingerprint density at radius 3 is 2.34 bits per heavy atom. The summed E-state index contributed by atoms with van der Waals surface area (Å²) in [4.78, 5) is 37.7. The van der Waals surface area contributed by atoms with Crippen LogP contribution in [0.2, 0.25) is 0 Å². The lowest BCUT2D eigenvalue weighted by Gasteiger charge is -2.21. The molecule has 2 aromatic rings. The number of hydrogen-bond acceptors (Lipinski definition) is 4. The van der Waals surface area contributed by atoms with Gasteiger partial charge in [0.2, 0.25) is 0 Å². The quantitative estimate of drug-likeness (QED) is 0.689. The number of amides is 3. The van der Waals surface area contributed by atoms with Crippen LogP contribution in [0.3, 0.4) is 0 Å². The van der Waals surface area contributed by atoms with E-state index in [1.165, 1.54) is 0 Å². The number of rotatable bonds is 7. The molecule has 164 valence electrons. The Labute approximate surface area is 186 Å². The zero-order valence-electron chi connectivity index (χ0n) is 17.7. The molecule has 1 aliphatic carbocycles. The van der Waals surface area contributed by atoms with Crippen LogP contribution in [0.4, 0.5) is 4.79 Å². The number of benzene rings is 2. The van der Waals surface area contributed by atoms with E-state index in [-0.39, 0.29) is 6.54 Å². The summed E-state index contributed by atoms with van der Waals surface area (Å²) >= 11 is 0. The number of methoxy groups -OCH3 is 1. The predicted molar refractivity (Wildman–Crippen MR) is 121 cm³/mol. The smallest absolute Gasteiger partial charge is 0.325 e. The fraction of sp³-hybridized carbons (Fsp3) is 0.160. The minimum atomic E-state index is -1.20. The van der Waals surface area contributed by atoms with E-state index in [1.807, 2.05) is 54.6 Å². The Balaban J connectivity index is 1.84. The number of nitrogens with one attached hydrogen (secondary N) is 1. The van der Waals surface area contributed by atoms with Crippen molar-refractivity contribution in [1.82, 2.24) is 10.2 Å². The average Bonchev–Trinajstić information content (AvgIpc) is 3.06. The summed E-state index contributed by atoms with van der Waals surface area (Å²) in [6.45, 7) is -0.604. The molecule has 0 fully saturated rings. The molecule has 0 spiro atoms. The van der Waals surface area contributed by atoms with Gasteiger partial charge in [-0.25, -0.2) is 4.79 Å². The van der Waals surface area contributed by atoms with Gasteiger partial charge in [-0.15, -0.1) is 0 Å². The molecule has 0 aliphatic heterocycles. The highest BCUT2D eigenvalue weighted by Crippen LogP contribution is 2.20. The minimum Gasteiger partial charge on any atom is -0.501 e. The maximum Gasteiger partial charge on any atom is 0.325 e. The van der Waals surface area contributed by atoms with Gasteiger partial charge in [-0.2, -0.15) is 0 Å². The fourth-order valence-corrected chi connectivity index (χ4v) is 3.16. The highest BCUT2D eigenvalue weighted by atomic mass is 16.5. The summed E-state index contributed by atoms with van der Waals surface area (Å²) in [7, 11) is 1.58. The van der Waals surface area contributed by atoms with Crippen molar-refractivity contribution in [3.8, 4) is 11.1 Å². The maximum absolute atomic E-state index is 13.2. The zero-order chi connectivity index (χ0) is 22.9. The topological polar surface area (TPSA) is 95.9 Å². The molecule has 7 nitrogen and oxygen atoms in total. The van der Waals surface area contributed by atoms with E-state index in [0.29, 0.717) is 17.6 Å². The minimum absolute atomic E-state index is 0.0191. The van der Waals surface area contributed by atoms with E-state index in [0.717, 1.165) is 21.8 Å². The number of nitrogens with zero attached hydrogens (tertiary/aromatic N) is 1. The highest BCUT2D eigenvalue weighted by Gasteiger charge is 2.24. The van der Waals surface area contributed by atoms with Crippen molar-refractivity contribution in [3.05, 3.63) is 95.8 Å². The molecule has 0 radical (unpaired) electrons. The number of carbonyl (C=O) groups is 3. The lowest BCUT2D eigenvalue weighted by molar-refractivity contribution is -0.135. The van der Waals surface area contributed by atoms with Crippen LogP contribution in [0, 0.1) is 0 Å². The molecule has 2 N–H and O–H groups in total. The Morgan fingerprint density at radius 2 is 1.69 bits per heavy atom. The van der Waals surface area contributed by atoms with E-state index in [1.54, 1.807) is 31.4 Å². The zero-order valence-corrected chi connectivity index (χ0v) is 17.7. The molecule has 3 rings (SSSR count). The molecule has 0 unspecified atom stereocenters. The highest BCUT2D eigenvalue weighted by molar-refractivity contribution is 6.05. The van der Waals surface area contributed by atoms with Gasteiger partial charge >= 0.3 is 12.0 Å². The van der Waals surface area contributed by atoms with E-state index < -0.39 is 24.5 Å². The van der Waals surface area contributed by atoms with Gasteiger partial charge in [0.05, 0.1) is 19.4 Å². The van der Waals surface area contributed by atoms with Crippen molar-refractivity contribution < 1.29 is 24.2 Å². The first-order valence-electron chi connectivity index (χ1n) is 10.0. The summed E-state index contributed by atoms with van der Waals surface area (Å²) < 4.78 is 5.24. The molecule has 0 atom stereocenters. The third-order valence-corrected chi connectivity index (χ3v) is 4.86. The first-order chi connectivity index (χ1) is 15.5. The molecule has 3 amide bonds. The van der Waals surface area contributed by atoms with Crippen LogP contribution in [-0.2, 0) is 9.53 Å². The molecular formula is C25H24N2O5. The maximum atomic E-state index is 13.2. The average molecular weight is 432 g/mol. The first kappa shape index (κ1) is 22.6. The van der Waals surface area contributed by atoms with Crippen LogP contribution in [-0.4, -0.2) is 48.1 Å². The van der Waals surface area contributed by atoms with Crippen LogP contribution >= 0.6 is 0 Å². The van der Waals surface area contributed by atoms with E-state index in [2.05, 4.69) is 5.32 Å². The molecule has 32 heavy (non-hydrogen) atoms. The third-order valence-electron chi connectivity index (χ3n) is 4.86. The van der Waals surface area contributed by atoms with Crippen LogP contribution in [0.1, 0.15) is 16.8 Å². The fourth-order valence-electron chi connectivity index (χ4n) is 3.16. The lowest BCUT2D eigenvalue weighted by atomic mass is 10.0. The van der Waals surface area contributed by atoms with Crippen molar-refractivity contribution >= 4 is 17.9 Å². The first-order valence-corrected chi connectivity index (χ1v) is 10.0. The van der Waals surface area contributed by atoms with E-state index in [9.17, 15) is 14.4 Å². The Kier molecular flexibility index (Phi) is 7.59.